The Labute approximate surface area is 118 Å². The zero-order valence-electron chi connectivity index (χ0n) is 10.3. The topological polar surface area (TPSA) is 57.6 Å². The van der Waals surface area contributed by atoms with Gasteiger partial charge in [-0.25, -0.2) is 9.18 Å². The smallest absolute Gasteiger partial charge is 0.326 e. The van der Waals surface area contributed by atoms with Gasteiger partial charge in [0.15, 0.2) is 0 Å². The second-order valence-electron chi connectivity index (χ2n) is 4.62. The van der Waals surface area contributed by atoms with Crippen molar-refractivity contribution in [3.63, 3.8) is 0 Å². The highest BCUT2D eigenvalue weighted by molar-refractivity contribution is 9.10. The Morgan fingerprint density at radius 3 is 2.53 bits per heavy atom. The summed E-state index contributed by atoms with van der Waals surface area (Å²) in [6, 6.07) is 2.90. The highest BCUT2D eigenvalue weighted by Gasteiger charge is 2.38. The van der Waals surface area contributed by atoms with Crippen LogP contribution in [0.15, 0.2) is 22.7 Å². The molecule has 1 unspecified atom stereocenters. The quantitative estimate of drug-likeness (QED) is 0.923. The van der Waals surface area contributed by atoms with Crippen LogP contribution in [-0.2, 0) is 4.79 Å². The first kappa shape index (κ1) is 14.0. The second-order valence-corrected chi connectivity index (χ2v) is 5.53. The fourth-order valence-electron chi connectivity index (χ4n) is 1.96. The van der Waals surface area contributed by atoms with Crippen LogP contribution >= 0.6 is 15.9 Å². The van der Waals surface area contributed by atoms with Crippen molar-refractivity contribution in [3.8, 4) is 0 Å². The molecule has 0 radical (unpaired) electrons. The summed E-state index contributed by atoms with van der Waals surface area (Å²) in [5.74, 6) is -2.04. The molecule has 1 aromatic carbocycles. The van der Waals surface area contributed by atoms with E-state index in [0.717, 1.165) is 18.9 Å². The largest absolute Gasteiger partial charge is 0.480 e. The third kappa shape index (κ3) is 3.12. The molecule has 0 heterocycles. The Kier molecular flexibility index (Phi) is 3.89. The SMILES string of the molecule is CC(C(=O)O)N(C(=O)c1cc(F)cc(Br)c1)C1CC1. The summed E-state index contributed by atoms with van der Waals surface area (Å²) in [7, 11) is 0. The zero-order valence-corrected chi connectivity index (χ0v) is 11.9. The molecule has 1 aliphatic carbocycles. The van der Waals surface area contributed by atoms with Gasteiger partial charge in [0.05, 0.1) is 0 Å². The number of carbonyl (C=O) groups excluding carboxylic acids is 1. The minimum Gasteiger partial charge on any atom is -0.480 e. The Morgan fingerprint density at radius 1 is 1.42 bits per heavy atom. The third-order valence-electron chi connectivity index (χ3n) is 3.06. The Balaban J connectivity index is 2.31. The number of benzene rings is 1. The summed E-state index contributed by atoms with van der Waals surface area (Å²) < 4.78 is 13.8. The first-order valence-electron chi connectivity index (χ1n) is 5.91. The van der Waals surface area contributed by atoms with Crippen molar-refractivity contribution in [2.45, 2.75) is 31.8 Å². The van der Waals surface area contributed by atoms with E-state index < -0.39 is 23.7 Å². The molecule has 19 heavy (non-hydrogen) atoms. The average Bonchev–Trinajstić information content (AvgIpc) is 3.12. The van der Waals surface area contributed by atoms with Crippen LogP contribution in [0.3, 0.4) is 0 Å². The number of hydrogen-bond acceptors (Lipinski definition) is 2. The first-order valence-corrected chi connectivity index (χ1v) is 6.71. The van der Waals surface area contributed by atoms with Crippen LogP contribution in [0.1, 0.15) is 30.1 Å². The number of halogens is 2. The van der Waals surface area contributed by atoms with E-state index in [1.165, 1.54) is 24.0 Å². The second kappa shape index (κ2) is 5.28. The first-order chi connectivity index (χ1) is 8.90. The predicted molar refractivity (Wildman–Crippen MR) is 70.4 cm³/mol. The maximum absolute atomic E-state index is 13.3. The van der Waals surface area contributed by atoms with E-state index in [4.69, 9.17) is 5.11 Å². The molecule has 1 amide bonds. The van der Waals surface area contributed by atoms with E-state index in [-0.39, 0.29) is 11.6 Å². The van der Waals surface area contributed by atoms with Gasteiger partial charge in [-0.1, -0.05) is 15.9 Å². The van der Waals surface area contributed by atoms with Gasteiger partial charge in [-0.05, 0) is 38.0 Å². The Hall–Kier alpha value is -1.43. The number of nitrogens with zero attached hydrogens (tertiary/aromatic N) is 1. The van der Waals surface area contributed by atoms with Crippen molar-refractivity contribution in [1.29, 1.82) is 0 Å². The number of aliphatic carboxylic acids is 1. The fourth-order valence-corrected chi connectivity index (χ4v) is 2.42. The molecular weight excluding hydrogens is 317 g/mol. The molecule has 0 saturated heterocycles. The standard InChI is InChI=1S/C13H13BrFNO3/c1-7(13(18)19)16(11-2-3-11)12(17)8-4-9(14)6-10(15)5-8/h4-7,11H,2-3H2,1H3,(H,18,19). The van der Waals surface area contributed by atoms with Gasteiger partial charge in [0.25, 0.3) is 5.91 Å². The van der Waals surface area contributed by atoms with E-state index in [2.05, 4.69) is 15.9 Å². The molecule has 2 rings (SSSR count). The van der Waals surface area contributed by atoms with Gasteiger partial charge in [-0.15, -0.1) is 0 Å². The van der Waals surface area contributed by atoms with E-state index in [0.29, 0.717) is 4.47 Å². The Morgan fingerprint density at radius 2 is 2.05 bits per heavy atom. The summed E-state index contributed by atoms with van der Waals surface area (Å²) >= 11 is 3.12. The number of carbonyl (C=O) groups is 2. The van der Waals surface area contributed by atoms with Crippen molar-refractivity contribution in [1.82, 2.24) is 4.90 Å². The number of carboxylic acid groups (broad SMARTS) is 1. The monoisotopic (exact) mass is 329 g/mol. The van der Waals surface area contributed by atoms with Crippen molar-refractivity contribution in [3.05, 3.63) is 34.1 Å². The van der Waals surface area contributed by atoms with Crippen molar-refractivity contribution >= 4 is 27.8 Å². The summed E-state index contributed by atoms with van der Waals surface area (Å²) in [6.07, 6.45) is 1.58. The molecule has 0 aliphatic heterocycles. The average molecular weight is 330 g/mol. The van der Waals surface area contributed by atoms with Gasteiger partial charge < -0.3 is 10.0 Å². The van der Waals surface area contributed by atoms with Gasteiger partial charge in [0.2, 0.25) is 0 Å². The van der Waals surface area contributed by atoms with E-state index in [1.54, 1.807) is 0 Å². The third-order valence-corrected chi connectivity index (χ3v) is 3.52. The summed E-state index contributed by atoms with van der Waals surface area (Å²) in [5.41, 5.74) is 0.159. The van der Waals surface area contributed by atoms with Gasteiger partial charge in [-0.2, -0.15) is 0 Å². The lowest BCUT2D eigenvalue weighted by atomic mass is 10.1. The van der Waals surface area contributed by atoms with Crippen LogP contribution in [0.25, 0.3) is 0 Å². The van der Waals surface area contributed by atoms with Crippen LogP contribution in [0.4, 0.5) is 4.39 Å². The molecule has 1 atom stereocenters. The molecule has 102 valence electrons. The van der Waals surface area contributed by atoms with E-state index >= 15 is 0 Å². The highest BCUT2D eigenvalue weighted by atomic mass is 79.9. The molecule has 0 aromatic heterocycles. The lowest BCUT2D eigenvalue weighted by Crippen LogP contribution is -2.44. The molecule has 1 aliphatic rings. The predicted octanol–water partition coefficient (Wildman–Crippen LogP) is 2.67. The van der Waals surface area contributed by atoms with Crippen LogP contribution in [0.2, 0.25) is 0 Å². The number of carboxylic acids is 1. The van der Waals surface area contributed by atoms with Crippen LogP contribution in [0.5, 0.6) is 0 Å². The van der Waals surface area contributed by atoms with Crippen LogP contribution < -0.4 is 0 Å². The van der Waals surface area contributed by atoms with Crippen LogP contribution in [-0.4, -0.2) is 34.0 Å². The minimum absolute atomic E-state index is 0.0550. The molecular formula is C13H13BrFNO3. The molecule has 0 bridgehead atoms. The molecule has 1 aromatic rings. The maximum Gasteiger partial charge on any atom is 0.326 e. The van der Waals surface area contributed by atoms with Gasteiger partial charge >= 0.3 is 5.97 Å². The molecule has 6 heteroatoms. The van der Waals surface area contributed by atoms with Crippen molar-refractivity contribution in [2.75, 3.05) is 0 Å². The minimum atomic E-state index is -1.06. The lowest BCUT2D eigenvalue weighted by Gasteiger charge is -2.26. The molecule has 1 saturated carbocycles. The zero-order chi connectivity index (χ0) is 14.2. The molecule has 0 spiro atoms. The van der Waals surface area contributed by atoms with Crippen molar-refractivity contribution < 1.29 is 19.1 Å². The molecule has 1 fully saturated rings. The van der Waals surface area contributed by atoms with Gasteiger partial charge in [-0.3, -0.25) is 4.79 Å². The Bertz CT molecular complexity index is 510. The molecule has 1 N–H and O–H groups in total. The van der Waals surface area contributed by atoms with E-state index in [1.807, 2.05) is 0 Å². The number of rotatable bonds is 4. The maximum atomic E-state index is 13.3. The summed E-state index contributed by atoms with van der Waals surface area (Å²) in [4.78, 5) is 24.7. The fraction of sp³-hybridized carbons (Fsp3) is 0.385. The van der Waals surface area contributed by atoms with E-state index in [9.17, 15) is 14.0 Å². The van der Waals surface area contributed by atoms with Gasteiger partial charge in [0.1, 0.15) is 11.9 Å². The van der Waals surface area contributed by atoms with Crippen molar-refractivity contribution in [2.24, 2.45) is 0 Å². The summed E-state index contributed by atoms with van der Waals surface area (Å²) in [6.45, 7) is 1.47. The van der Waals surface area contributed by atoms with Crippen LogP contribution in [0, 0.1) is 5.82 Å². The normalized spacial score (nSPS) is 15.9. The number of hydrogen-bond donors (Lipinski definition) is 1. The van der Waals surface area contributed by atoms with Gasteiger partial charge in [0, 0.05) is 16.1 Å². The summed E-state index contributed by atoms with van der Waals surface area (Å²) in [5, 5.41) is 9.06. The molecule has 4 nitrogen and oxygen atoms in total. The highest BCUT2D eigenvalue weighted by Crippen LogP contribution is 2.30. The lowest BCUT2D eigenvalue weighted by molar-refractivity contribution is -0.141. The number of amides is 1.